The van der Waals surface area contributed by atoms with Crippen LogP contribution in [0, 0.1) is 0 Å². The summed E-state index contributed by atoms with van der Waals surface area (Å²) in [7, 11) is 0. The maximum absolute atomic E-state index is 6.31. The molecule has 0 amide bonds. The van der Waals surface area contributed by atoms with Crippen LogP contribution in [-0.2, 0) is 5.41 Å². The first-order valence-corrected chi connectivity index (χ1v) is 10.4. The van der Waals surface area contributed by atoms with Crippen molar-refractivity contribution < 1.29 is 4.74 Å². The van der Waals surface area contributed by atoms with Crippen LogP contribution in [0.1, 0.15) is 76.7 Å². The van der Waals surface area contributed by atoms with E-state index in [1.165, 1.54) is 69.8 Å². The van der Waals surface area contributed by atoms with Crippen LogP contribution >= 0.6 is 0 Å². The van der Waals surface area contributed by atoms with Crippen molar-refractivity contribution in [2.24, 2.45) is 0 Å². The smallest absolute Gasteiger partial charge is 0.131 e. The number of ether oxygens (including phenoxy) is 1. The fourth-order valence-corrected chi connectivity index (χ4v) is 4.43. The average molecular weight is 352 g/mol. The van der Waals surface area contributed by atoms with Crippen molar-refractivity contribution in [2.75, 3.05) is 5.73 Å². The Morgan fingerprint density at radius 3 is 2.35 bits per heavy atom. The van der Waals surface area contributed by atoms with Gasteiger partial charge in [0.25, 0.3) is 0 Å². The van der Waals surface area contributed by atoms with E-state index in [0.717, 1.165) is 17.2 Å². The van der Waals surface area contributed by atoms with Gasteiger partial charge in [-0.25, -0.2) is 0 Å². The Balaban J connectivity index is 1.85. The highest BCUT2D eigenvalue weighted by Gasteiger charge is 2.35. The summed E-state index contributed by atoms with van der Waals surface area (Å²) in [5, 5.41) is 0. The molecular formula is C24H33NO. The first-order chi connectivity index (χ1) is 12.7. The molecule has 2 nitrogen and oxygen atoms in total. The van der Waals surface area contributed by atoms with E-state index in [4.69, 9.17) is 10.5 Å². The van der Waals surface area contributed by atoms with Gasteiger partial charge < -0.3 is 10.5 Å². The molecule has 1 aliphatic carbocycles. The molecule has 1 aliphatic rings. The third-order valence-electron chi connectivity index (χ3n) is 5.89. The molecule has 0 unspecified atom stereocenters. The van der Waals surface area contributed by atoms with Crippen molar-refractivity contribution in [2.45, 2.75) is 76.5 Å². The van der Waals surface area contributed by atoms with Crippen molar-refractivity contribution in [3.63, 3.8) is 0 Å². The van der Waals surface area contributed by atoms with Crippen LogP contribution in [0.3, 0.4) is 0 Å². The Hall–Kier alpha value is -1.96. The lowest BCUT2D eigenvalue weighted by atomic mass is 9.66. The molecule has 2 N–H and O–H groups in total. The predicted octanol–water partition coefficient (Wildman–Crippen LogP) is 7.23. The summed E-state index contributed by atoms with van der Waals surface area (Å²) in [6.07, 6.45) is 13.2. The van der Waals surface area contributed by atoms with Gasteiger partial charge in [0.2, 0.25) is 0 Å². The molecule has 0 spiro atoms. The van der Waals surface area contributed by atoms with Gasteiger partial charge in [-0.05, 0) is 55.0 Å². The van der Waals surface area contributed by atoms with E-state index in [-0.39, 0.29) is 5.41 Å². The fraction of sp³-hybridized carbons (Fsp3) is 0.500. The SMILES string of the molecule is CCCCCCC1(c2ccccc2Oc2ccc(N)cc2)CCCCC1. The van der Waals surface area contributed by atoms with Crippen molar-refractivity contribution in [1.29, 1.82) is 0 Å². The fourth-order valence-electron chi connectivity index (χ4n) is 4.43. The molecule has 0 saturated heterocycles. The molecule has 1 fully saturated rings. The second kappa shape index (κ2) is 9.12. The van der Waals surface area contributed by atoms with Crippen molar-refractivity contribution in [3.8, 4) is 11.5 Å². The summed E-state index contributed by atoms with van der Waals surface area (Å²) in [5.41, 5.74) is 8.28. The summed E-state index contributed by atoms with van der Waals surface area (Å²) in [6.45, 7) is 2.28. The maximum atomic E-state index is 6.31. The van der Waals surface area contributed by atoms with E-state index in [1.807, 2.05) is 24.3 Å². The van der Waals surface area contributed by atoms with E-state index in [9.17, 15) is 0 Å². The molecule has 0 heterocycles. The van der Waals surface area contributed by atoms with Crippen molar-refractivity contribution in [1.82, 2.24) is 0 Å². The van der Waals surface area contributed by atoms with Gasteiger partial charge in [0.15, 0.2) is 0 Å². The van der Waals surface area contributed by atoms with Crippen molar-refractivity contribution in [3.05, 3.63) is 54.1 Å². The topological polar surface area (TPSA) is 35.2 Å². The van der Waals surface area contributed by atoms with Gasteiger partial charge in [0.1, 0.15) is 11.5 Å². The molecule has 2 heteroatoms. The van der Waals surface area contributed by atoms with Gasteiger partial charge in [-0.3, -0.25) is 0 Å². The molecular weight excluding hydrogens is 318 g/mol. The number of para-hydroxylation sites is 1. The third-order valence-corrected chi connectivity index (χ3v) is 5.89. The molecule has 0 atom stereocenters. The number of nitrogens with two attached hydrogens (primary N) is 1. The largest absolute Gasteiger partial charge is 0.457 e. The first kappa shape index (κ1) is 18.8. The lowest BCUT2D eigenvalue weighted by Gasteiger charge is -2.39. The van der Waals surface area contributed by atoms with Crippen LogP contribution in [-0.4, -0.2) is 0 Å². The third kappa shape index (κ3) is 4.60. The minimum atomic E-state index is 0.288. The molecule has 26 heavy (non-hydrogen) atoms. The summed E-state index contributed by atoms with van der Waals surface area (Å²) in [5.74, 6) is 1.89. The summed E-state index contributed by atoms with van der Waals surface area (Å²) >= 11 is 0. The second-order valence-corrected chi connectivity index (χ2v) is 7.82. The molecule has 1 saturated carbocycles. The molecule has 2 aromatic rings. The Kier molecular flexibility index (Phi) is 6.60. The standard InChI is InChI=1S/C24H33NO/c1-2-3-4-8-17-24(18-9-5-10-19-24)22-11-6-7-12-23(22)26-21-15-13-20(25)14-16-21/h6-7,11-16H,2-5,8-10,17-19,25H2,1H3. The quantitative estimate of drug-likeness (QED) is 0.402. The number of hydrogen-bond acceptors (Lipinski definition) is 2. The van der Waals surface area contributed by atoms with Crippen LogP contribution in [0.5, 0.6) is 11.5 Å². The van der Waals surface area contributed by atoms with E-state index in [1.54, 1.807) is 0 Å². The Labute approximate surface area is 158 Å². The Morgan fingerprint density at radius 2 is 1.62 bits per heavy atom. The highest BCUT2D eigenvalue weighted by Crippen LogP contribution is 2.47. The second-order valence-electron chi connectivity index (χ2n) is 7.82. The number of rotatable bonds is 8. The van der Waals surface area contributed by atoms with E-state index in [0.29, 0.717) is 0 Å². The summed E-state index contributed by atoms with van der Waals surface area (Å²) < 4.78 is 6.31. The number of benzene rings is 2. The van der Waals surface area contributed by atoms with Crippen LogP contribution in [0.4, 0.5) is 5.69 Å². The van der Waals surface area contributed by atoms with Gasteiger partial charge in [0.05, 0.1) is 0 Å². The molecule has 3 rings (SSSR count). The van der Waals surface area contributed by atoms with Gasteiger partial charge >= 0.3 is 0 Å². The lowest BCUT2D eigenvalue weighted by molar-refractivity contribution is 0.259. The highest BCUT2D eigenvalue weighted by molar-refractivity contribution is 5.46. The zero-order valence-corrected chi connectivity index (χ0v) is 16.2. The zero-order chi connectivity index (χ0) is 18.2. The molecule has 2 aromatic carbocycles. The number of nitrogen functional groups attached to an aromatic ring is 1. The molecule has 0 aromatic heterocycles. The number of unbranched alkanes of at least 4 members (excludes halogenated alkanes) is 3. The van der Waals surface area contributed by atoms with E-state index >= 15 is 0 Å². The van der Waals surface area contributed by atoms with E-state index in [2.05, 4.69) is 31.2 Å². The molecule has 140 valence electrons. The summed E-state index contributed by atoms with van der Waals surface area (Å²) in [6, 6.07) is 16.4. The van der Waals surface area contributed by atoms with Crippen LogP contribution in [0.2, 0.25) is 0 Å². The summed E-state index contributed by atoms with van der Waals surface area (Å²) in [4.78, 5) is 0. The molecule has 0 radical (unpaired) electrons. The normalized spacial score (nSPS) is 16.3. The van der Waals surface area contributed by atoms with Gasteiger partial charge in [0, 0.05) is 11.3 Å². The first-order valence-electron chi connectivity index (χ1n) is 10.4. The van der Waals surface area contributed by atoms with Crippen LogP contribution < -0.4 is 10.5 Å². The molecule has 0 bridgehead atoms. The molecule has 0 aliphatic heterocycles. The minimum absolute atomic E-state index is 0.288. The maximum Gasteiger partial charge on any atom is 0.131 e. The Morgan fingerprint density at radius 1 is 0.885 bits per heavy atom. The Bertz CT molecular complexity index is 671. The minimum Gasteiger partial charge on any atom is -0.457 e. The van der Waals surface area contributed by atoms with Crippen LogP contribution in [0.25, 0.3) is 0 Å². The number of anilines is 1. The number of hydrogen-bond donors (Lipinski definition) is 1. The highest BCUT2D eigenvalue weighted by atomic mass is 16.5. The van der Waals surface area contributed by atoms with Crippen LogP contribution in [0.15, 0.2) is 48.5 Å². The van der Waals surface area contributed by atoms with Gasteiger partial charge in [-0.2, -0.15) is 0 Å². The van der Waals surface area contributed by atoms with Gasteiger partial charge in [-0.1, -0.05) is 70.1 Å². The predicted molar refractivity (Wildman–Crippen MR) is 111 cm³/mol. The average Bonchev–Trinajstić information content (AvgIpc) is 2.68. The van der Waals surface area contributed by atoms with Crippen molar-refractivity contribution >= 4 is 5.69 Å². The van der Waals surface area contributed by atoms with Gasteiger partial charge in [-0.15, -0.1) is 0 Å². The monoisotopic (exact) mass is 351 g/mol. The lowest BCUT2D eigenvalue weighted by Crippen LogP contribution is -2.29. The zero-order valence-electron chi connectivity index (χ0n) is 16.2. The van der Waals surface area contributed by atoms with E-state index < -0.39 is 0 Å².